The maximum atomic E-state index is 13.8. The zero-order valence-corrected chi connectivity index (χ0v) is 22.5. The molecule has 38 heavy (non-hydrogen) atoms. The van der Waals surface area contributed by atoms with Gasteiger partial charge in [0.25, 0.3) is 11.6 Å². The van der Waals surface area contributed by atoms with E-state index in [1.165, 1.54) is 11.6 Å². The number of fused-ring (bicyclic) bond motifs is 1. The van der Waals surface area contributed by atoms with Gasteiger partial charge in [-0.15, -0.1) is 12.4 Å². The molecule has 2 aromatic carbocycles. The van der Waals surface area contributed by atoms with Gasteiger partial charge < -0.3 is 10.5 Å². The molecule has 1 aliphatic rings. The van der Waals surface area contributed by atoms with Gasteiger partial charge in [0.05, 0.1) is 13.1 Å². The van der Waals surface area contributed by atoms with Crippen molar-refractivity contribution in [3.05, 3.63) is 91.6 Å². The lowest BCUT2D eigenvalue weighted by Gasteiger charge is -2.28. The van der Waals surface area contributed by atoms with E-state index < -0.39 is 17.8 Å². The summed E-state index contributed by atoms with van der Waals surface area (Å²) < 4.78 is 10.1. The van der Waals surface area contributed by atoms with E-state index in [2.05, 4.69) is 4.98 Å². The fourth-order valence-electron chi connectivity index (χ4n) is 4.79. The summed E-state index contributed by atoms with van der Waals surface area (Å²) >= 11 is 6.45. The number of aryl methyl sites for hydroxylation is 1. The number of imidazole rings is 1. The van der Waals surface area contributed by atoms with Crippen molar-refractivity contribution in [1.29, 1.82) is 0 Å². The van der Waals surface area contributed by atoms with Crippen LogP contribution in [0, 0.1) is 0 Å². The summed E-state index contributed by atoms with van der Waals surface area (Å²) in [6, 6.07) is 15.9. The Morgan fingerprint density at radius 3 is 2.45 bits per heavy atom. The summed E-state index contributed by atoms with van der Waals surface area (Å²) in [4.78, 5) is 44.4. The second kappa shape index (κ2) is 11.6. The van der Waals surface area contributed by atoms with E-state index in [0.29, 0.717) is 10.6 Å². The molecule has 4 aromatic rings. The minimum atomic E-state index is -0.634. The van der Waals surface area contributed by atoms with E-state index in [4.69, 9.17) is 22.1 Å². The second-order valence-corrected chi connectivity index (χ2v) is 9.78. The van der Waals surface area contributed by atoms with Crippen LogP contribution in [0.25, 0.3) is 11.2 Å². The van der Waals surface area contributed by atoms with Crippen molar-refractivity contribution >= 4 is 41.0 Å². The largest absolute Gasteiger partial charge is 0.460 e. The zero-order chi connectivity index (χ0) is 26.1. The predicted molar refractivity (Wildman–Crippen MR) is 149 cm³/mol. The average molecular weight is 558 g/mol. The van der Waals surface area contributed by atoms with Crippen molar-refractivity contribution in [3.8, 4) is 6.01 Å². The number of ketones is 1. The van der Waals surface area contributed by atoms with Gasteiger partial charge in [-0.25, -0.2) is 4.79 Å². The van der Waals surface area contributed by atoms with Crippen LogP contribution < -0.4 is 21.7 Å². The number of benzene rings is 2. The summed E-state index contributed by atoms with van der Waals surface area (Å²) in [6.45, 7) is -0.208. The van der Waals surface area contributed by atoms with Gasteiger partial charge in [-0.1, -0.05) is 66.6 Å². The lowest BCUT2D eigenvalue weighted by atomic mass is 9.93. The Labute approximate surface area is 230 Å². The zero-order valence-electron chi connectivity index (χ0n) is 20.9. The van der Waals surface area contributed by atoms with Crippen LogP contribution in [0.15, 0.2) is 64.2 Å². The van der Waals surface area contributed by atoms with Crippen LogP contribution in [-0.4, -0.2) is 36.6 Å². The van der Waals surface area contributed by atoms with Gasteiger partial charge in [-0.2, -0.15) is 4.98 Å². The van der Waals surface area contributed by atoms with E-state index in [-0.39, 0.29) is 54.1 Å². The molecule has 5 rings (SSSR count). The van der Waals surface area contributed by atoms with Gasteiger partial charge in [0, 0.05) is 23.7 Å². The van der Waals surface area contributed by atoms with Gasteiger partial charge in [0.2, 0.25) is 0 Å². The molecule has 1 fully saturated rings. The molecule has 2 aromatic heterocycles. The van der Waals surface area contributed by atoms with E-state index in [1.54, 1.807) is 41.0 Å². The van der Waals surface area contributed by atoms with Gasteiger partial charge >= 0.3 is 5.69 Å². The van der Waals surface area contributed by atoms with Crippen LogP contribution in [-0.2, 0) is 20.1 Å². The minimum Gasteiger partial charge on any atom is -0.460 e. The molecule has 0 bridgehead atoms. The van der Waals surface area contributed by atoms with Crippen LogP contribution >= 0.6 is 24.0 Å². The number of hydrogen-bond acceptors (Lipinski definition) is 6. The Balaban J connectivity index is 0.00000336. The predicted octanol–water partition coefficient (Wildman–Crippen LogP) is 3.55. The van der Waals surface area contributed by atoms with Gasteiger partial charge in [-0.05, 0) is 30.9 Å². The molecule has 0 amide bonds. The standard InChI is InChI=1S/C27H28ClN5O4.ClH/c1-31-24-23(25(35)33(27(31)36)16-21(34)17-9-3-2-4-10-17)32(15-18-11-5-6-12-19(18)28)26(30-24)37-22-14-8-7-13-20(22)29;/h2-6,9-12,20,22H,7-8,13-16,29H2,1H3;1H/t20-,22-;/m1./s1. The quantitative estimate of drug-likeness (QED) is 0.347. The van der Waals surface area contributed by atoms with Crippen LogP contribution in [0.2, 0.25) is 5.02 Å². The number of rotatable bonds is 7. The summed E-state index contributed by atoms with van der Waals surface area (Å²) in [7, 11) is 1.52. The van der Waals surface area contributed by atoms with E-state index in [9.17, 15) is 14.4 Å². The smallest absolute Gasteiger partial charge is 0.332 e. The normalized spacial score (nSPS) is 17.2. The first-order chi connectivity index (χ1) is 17.8. The lowest BCUT2D eigenvalue weighted by Crippen LogP contribution is -2.42. The first-order valence-electron chi connectivity index (χ1n) is 12.3. The fraction of sp³-hybridized carbons (Fsp3) is 0.333. The monoisotopic (exact) mass is 557 g/mol. The second-order valence-electron chi connectivity index (χ2n) is 9.37. The average Bonchev–Trinajstić information content (AvgIpc) is 3.26. The maximum Gasteiger partial charge on any atom is 0.332 e. The topological polar surface area (TPSA) is 114 Å². The Morgan fingerprint density at radius 1 is 1.05 bits per heavy atom. The van der Waals surface area contributed by atoms with Crippen LogP contribution in [0.5, 0.6) is 6.01 Å². The molecular formula is C27H29Cl2N5O4. The Morgan fingerprint density at radius 2 is 1.74 bits per heavy atom. The highest BCUT2D eigenvalue weighted by Crippen LogP contribution is 2.27. The molecule has 2 atom stereocenters. The van der Waals surface area contributed by atoms with Crippen LogP contribution in [0.3, 0.4) is 0 Å². The van der Waals surface area contributed by atoms with E-state index in [0.717, 1.165) is 35.8 Å². The summed E-state index contributed by atoms with van der Waals surface area (Å²) in [5.74, 6) is -0.346. The van der Waals surface area contributed by atoms with Gasteiger partial charge in [0.15, 0.2) is 16.9 Å². The molecule has 200 valence electrons. The first-order valence-corrected chi connectivity index (χ1v) is 12.7. The molecule has 11 heteroatoms. The van der Waals surface area contributed by atoms with Crippen molar-refractivity contribution < 1.29 is 9.53 Å². The molecule has 2 N–H and O–H groups in total. The summed E-state index contributed by atoms with van der Waals surface area (Å²) in [5, 5.41) is 0.522. The number of Topliss-reactive ketones (excluding diaryl/α,β-unsaturated/α-hetero) is 1. The van der Waals surface area contributed by atoms with E-state index >= 15 is 0 Å². The summed E-state index contributed by atoms with van der Waals surface area (Å²) in [5.41, 5.74) is 6.56. The molecule has 1 saturated carbocycles. The lowest BCUT2D eigenvalue weighted by molar-refractivity contribution is 0.0969. The first kappa shape index (κ1) is 27.6. The number of hydrogen-bond donors (Lipinski definition) is 1. The molecule has 0 saturated heterocycles. The van der Waals surface area contributed by atoms with Crippen LogP contribution in [0.4, 0.5) is 0 Å². The number of halogens is 2. The highest BCUT2D eigenvalue weighted by atomic mass is 35.5. The minimum absolute atomic E-state index is 0. The number of nitrogens with zero attached hydrogens (tertiary/aromatic N) is 4. The number of carbonyl (C=O) groups is 1. The van der Waals surface area contributed by atoms with Crippen molar-refractivity contribution in [2.24, 2.45) is 12.8 Å². The van der Waals surface area contributed by atoms with E-state index in [1.807, 2.05) is 18.2 Å². The molecule has 0 radical (unpaired) electrons. The Bertz CT molecular complexity index is 1580. The molecule has 9 nitrogen and oxygen atoms in total. The van der Waals surface area contributed by atoms with Crippen molar-refractivity contribution in [2.75, 3.05) is 0 Å². The number of aromatic nitrogens is 4. The van der Waals surface area contributed by atoms with Crippen molar-refractivity contribution in [2.45, 2.75) is 50.9 Å². The molecule has 0 unspecified atom stereocenters. The maximum absolute atomic E-state index is 13.8. The molecule has 0 spiro atoms. The molecular weight excluding hydrogens is 529 g/mol. The number of nitrogens with two attached hydrogens (primary N) is 1. The number of carbonyl (C=O) groups excluding carboxylic acids is 1. The third kappa shape index (κ3) is 5.27. The third-order valence-electron chi connectivity index (χ3n) is 6.89. The molecule has 1 aliphatic carbocycles. The Hall–Kier alpha value is -3.40. The highest BCUT2D eigenvalue weighted by Gasteiger charge is 2.28. The fourth-order valence-corrected chi connectivity index (χ4v) is 4.99. The summed E-state index contributed by atoms with van der Waals surface area (Å²) in [6.07, 6.45) is 3.35. The van der Waals surface area contributed by atoms with Gasteiger partial charge in [-0.3, -0.25) is 23.3 Å². The molecule has 2 heterocycles. The van der Waals surface area contributed by atoms with Crippen LogP contribution in [0.1, 0.15) is 41.6 Å². The molecule has 0 aliphatic heterocycles. The SMILES string of the molecule is Cl.Cn1c(=O)n(CC(=O)c2ccccc2)c(=O)c2c1nc(O[C@@H]1CCCC[C@H]1N)n2Cc1ccccc1Cl. The highest BCUT2D eigenvalue weighted by molar-refractivity contribution is 6.31. The third-order valence-corrected chi connectivity index (χ3v) is 7.26. The van der Waals surface area contributed by atoms with Crippen molar-refractivity contribution in [1.82, 2.24) is 18.7 Å². The Kier molecular flexibility index (Phi) is 8.40. The van der Waals surface area contributed by atoms with Crippen molar-refractivity contribution in [3.63, 3.8) is 0 Å². The van der Waals surface area contributed by atoms with Gasteiger partial charge in [0.1, 0.15) is 6.10 Å². The number of ether oxygens (including phenoxy) is 1.